The van der Waals surface area contributed by atoms with Crippen molar-refractivity contribution >= 4 is 29.9 Å². The molecule has 1 aromatic rings. The van der Waals surface area contributed by atoms with Crippen molar-refractivity contribution in [3.05, 3.63) is 34.9 Å². The largest absolute Gasteiger partial charge is 0.349 e. The van der Waals surface area contributed by atoms with Crippen LogP contribution < -0.4 is 11.1 Å². The average Bonchev–Trinajstić information content (AvgIpc) is 2.37. The fourth-order valence-corrected chi connectivity index (χ4v) is 3.16. The minimum absolute atomic E-state index is 0. The Bertz CT molecular complexity index is 491. The molecule has 0 heterocycles. The molecule has 5 heteroatoms. The molecule has 0 bridgehead atoms. The van der Waals surface area contributed by atoms with E-state index in [4.69, 9.17) is 17.3 Å². The summed E-state index contributed by atoms with van der Waals surface area (Å²) >= 11 is 5.99. The predicted octanol–water partition coefficient (Wildman–Crippen LogP) is 3.85. The van der Waals surface area contributed by atoms with E-state index >= 15 is 0 Å². The summed E-state index contributed by atoms with van der Waals surface area (Å²) in [7, 11) is 0. The van der Waals surface area contributed by atoms with Crippen molar-refractivity contribution < 1.29 is 4.79 Å². The smallest absolute Gasteiger partial charge is 0.225 e. The van der Waals surface area contributed by atoms with Crippen molar-refractivity contribution in [2.45, 2.75) is 51.1 Å². The molecule has 21 heavy (non-hydrogen) atoms. The topological polar surface area (TPSA) is 55.1 Å². The molecule has 3 nitrogen and oxygen atoms in total. The second-order valence-corrected chi connectivity index (χ2v) is 6.53. The number of hydrogen-bond donors (Lipinski definition) is 2. The molecular weight excluding hydrogens is 307 g/mol. The first-order valence-corrected chi connectivity index (χ1v) is 7.62. The van der Waals surface area contributed by atoms with Crippen LogP contribution >= 0.6 is 24.0 Å². The van der Waals surface area contributed by atoms with Crippen molar-refractivity contribution in [2.75, 3.05) is 0 Å². The van der Waals surface area contributed by atoms with E-state index in [9.17, 15) is 4.79 Å². The first-order chi connectivity index (χ1) is 9.40. The number of hydrogen-bond acceptors (Lipinski definition) is 2. The number of amides is 1. The summed E-state index contributed by atoms with van der Waals surface area (Å²) < 4.78 is 0. The molecule has 1 aliphatic carbocycles. The van der Waals surface area contributed by atoms with Gasteiger partial charge in [0, 0.05) is 10.6 Å². The van der Waals surface area contributed by atoms with Gasteiger partial charge in [0.15, 0.2) is 0 Å². The van der Waals surface area contributed by atoms with Gasteiger partial charge in [-0.05, 0) is 44.4 Å². The highest BCUT2D eigenvalue weighted by Gasteiger charge is 2.38. The molecule has 0 radical (unpaired) electrons. The van der Waals surface area contributed by atoms with Gasteiger partial charge in [-0.3, -0.25) is 4.79 Å². The van der Waals surface area contributed by atoms with E-state index in [1.807, 2.05) is 38.1 Å². The molecule has 2 rings (SSSR count). The van der Waals surface area contributed by atoms with Crippen LogP contribution in [0.2, 0.25) is 5.02 Å². The summed E-state index contributed by atoms with van der Waals surface area (Å²) in [5, 5.41) is 3.76. The number of rotatable bonds is 3. The average molecular weight is 331 g/mol. The van der Waals surface area contributed by atoms with Crippen molar-refractivity contribution in [3.63, 3.8) is 0 Å². The van der Waals surface area contributed by atoms with E-state index in [2.05, 4.69) is 5.32 Å². The van der Waals surface area contributed by atoms with Crippen LogP contribution in [0, 0.1) is 5.92 Å². The van der Waals surface area contributed by atoms with Crippen LogP contribution in [-0.4, -0.2) is 11.4 Å². The third-order valence-corrected chi connectivity index (χ3v) is 4.51. The number of nitrogens with two attached hydrogens (primary N) is 1. The highest BCUT2D eigenvalue weighted by atomic mass is 35.5. The normalized spacial score (nSPS) is 26.6. The molecule has 0 spiro atoms. The molecule has 0 saturated heterocycles. The second-order valence-electron chi connectivity index (χ2n) is 6.09. The molecule has 3 unspecified atom stereocenters. The summed E-state index contributed by atoms with van der Waals surface area (Å²) in [5.74, 6) is -0.0416. The third kappa shape index (κ3) is 4.60. The zero-order valence-electron chi connectivity index (χ0n) is 12.6. The van der Waals surface area contributed by atoms with E-state index < -0.39 is 5.54 Å². The van der Waals surface area contributed by atoms with E-state index in [1.165, 1.54) is 0 Å². The molecular formula is C16H24Cl2N2O. The predicted molar refractivity (Wildman–Crippen MR) is 89.8 cm³/mol. The molecule has 0 aromatic heterocycles. The Morgan fingerprint density at radius 2 is 2.19 bits per heavy atom. The van der Waals surface area contributed by atoms with Crippen LogP contribution in [-0.2, 0) is 4.79 Å². The molecule has 0 aliphatic heterocycles. The van der Waals surface area contributed by atoms with E-state index in [-0.39, 0.29) is 30.3 Å². The SMILES string of the molecule is CC(NC(=O)C1CCCCC1(C)N)c1cccc(Cl)c1.Cl. The number of nitrogens with one attached hydrogen (secondary N) is 1. The quantitative estimate of drug-likeness (QED) is 0.884. The van der Waals surface area contributed by atoms with E-state index in [0.29, 0.717) is 5.02 Å². The van der Waals surface area contributed by atoms with E-state index in [1.54, 1.807) is 0 Å². The van der Waals surface area contributed by atoms with Gasteiger partial charge in [-0.25, -0.2) is 0 Å². The minimum atomic E-state index is -0.392. The van der Waals surface area contributed by atoms with Crippen LogP contribution in [0.25, 0.3) is 0 Å². The Morgan fingerprint density at radius 1 is 1.48 bits per heavy atom. The number of benzene rings is 1. The van der Waals surface area contributed by atoms with Crippen molar-refractivity contribution in [3.8, 4) is 0 Å². The van der Waals surface area contributed by atoms with Gasteiger partial charge < -0.3 is 11.1 Å². The van der Waals surface area contributed by atoms with Gasteiger partial charge in [0.2, 0.25) is 5.91 Å². The summed E-state index contributed by atoms with van der Waals surface area (Å²) in [4.78, 5) is 12.5. The molecule has 3 N–H and O–H groups in total. The first-order valence-electron chi connectivity index (χ1n) is 7.25. The Kier molecular flexibility index (Phi) is 6.51. The Morgan fingerprint density at radius 3 is 2.81 bits per heavy atom. The van der Waals surface area contributed by atoms with Gasteiger partial charge in [0.05, 0.1) is 12.0 Å². The summed E-state index contributed by atoms with van der Waals surface area (Å²) in [5.41, 5.74) is 6.90. The summed E-state index contributed by atoms with van der Waals surface area (Å²) in [6.45, 7) is 3.96. The molecule has 1 aromatic carbocycles. The van der Waals surface area contributed by atoms with Gasteiger partial charge >= 0.3 is 0 Å². The number of halogens is 2. The van der Waals surface area contributed by atoms with Gasteiger partial charge in [0.1, 0.15) is 0 Å². The highest BCUT2D eigenvalue weighted by molar-refractivity contribution is 6.30. The zero-order valence-corrected chi connectivity index (χ0v) is 14.1. The standard InChI is InChI=1S/C16H23ClN2O.ClH/c1-11(12-6-5-7-13(17)10-12)19-15(20)14-8-3-4-9-16(14,2)18;/h5-7,10-11,14H,3-4,8-9,18H2,1-2H3,(H,19,20);1H. The molecule has 1 amide bonds. The third-order valence-electron chi connectivity index (χ3n) is 4.28. The van der Waals surface area contributed by atoms with Gasteiger partial charge in [-0.15, -0.1) is 12.4 Å². The van der Waals surface area contributed by atoms with Crippen LogP contribution in [0.1, 0.15) is 51.1 Å². The minimum Gasteiger partial charge on any atom is -0.349 e. The maximum Gasteiger partial charge on any atom is 0.225 e. The van der Waals surface area contributed by atoms with E-state index in [0.717, 1.165) is 31.2 Å². The lowest BCUT2D eigenvalue weighted by molar-refractivity contribution is -0.128. The van der Waals surface area contributed by atoms with Gasteiger partial charge in [-0.2, -0.15) is 0 Å². The first kappa shape index (κ1) is 18.3. The fourth-order valence-electron chi connectivity index (χ4n) is 2.96. The van der Waals surface area contributed by atoms with Crippen molar-refractivity contribution in [2.24, 2.45) is 11.7 Å². The summed E-state index contributed by atoms with van der Waals surface area (Å²) in [6.07, 6.45) is 3.98. The second kappa shape index (κ2) is 7.48. The van der Waals surface area contributed by atoms with Gasteiger partial charge in [-0.1, -0.05) is 36.6 Å². The van der Waals surface area contributed by atoms with Crippen molar-refractivity contribution in [1.82, 2.24) is 5.32 Å². The van der Waals surface area contributed by atoms with Gasteiger partial charge in [0.25, 0.3) is 0 Å². The van der Waals surface area contributed by atoms with Crippen molar-refractivity contribution in [1.29, 1.82) is 0 Å². The maximum atomic E-state index is 12.5. The lowest BCUT2D eigenvalue weighted by Crippen LogP contribution is -2.53. The number of carbonyl (C=O) groups is 1. The molecule has 3 atom stereocenters. The Balaban J connectivity index is 0.00000220. The fraction of sp³-hybridized carbons (Fsp3) is 0.562. The maximum absolute atomic E-state index is 12.5. The lowest BCUT2D eigenvalue weighted by Gasteiger charge is -2.37. The lowest BCUT2D eigenvalue weighted by atomic mass is 9.74. The molecule has 1 saturated carbocycles. The monoisotopic (exact) mass is 330 g/mol. The molecule has 1 aliphatic rings. The highest BCUT2D eigenvalue weighted by Crippen LogP contribution is 2.32. The Hall–Kier alpha value is -0.770. The summed E-state index contributed by atoms with van der Waals surface area (Å²) in [6, 6.07) is 7.53. The van der Waals surface area contributed by atoms with Crippen LogP contribution in [0.15, 0.2) is 24.3 Å². The van der Waals surface area contributed by atoms with Crippen LogP contribution in [0.3, 0.4) is 0 Å². The van der Waals surface area contributed by atoms with Crippen LogP contribution in [0.4, 0.5) is 0 Å². The zero-order chi connectivity index (χ0) is 14.8. The van der Waals surface area contributed by atoms with Crippen LogP contribution in [0.5, 0.6) is 0 Å². The molecule has 118 valence electrons. The molecule has 1 fully saturated rings. The Labute approximate surface area is 138 Å². The number of carbonyl (C=O) groups excluding carboxylic acids is 1.